The van der Waals surface area contributed by atoms with Crippen LogP contribution >= 0.6 is 0 Å². The van der Waals surface area contributed by atoms with Gasteiger partial charge < -0.3 is 10.4 Å². The highest BCUT2D eigenvalue weighted by molar-refractivity contribution is 5.83. The minimum atomic E-state index is -0.406. The summed E-state index contributed by atoms with van der Waals surface area (Å²) in [5, 5.41) is 11.9. The molecular weight excluding hydrogens is 118 g/mol. The largest absolute Gasteiger partial charge is 0.392 e. The molecule has 0 aromatic carbocycles. The van der Waals surface area contributed by atoms with Crippen molar-refractivity contribution in [1.29, 1.82) is 0 Å². The zero-order valence-electron chi connectivity index (χ0n) is 5.42. The van der Waals surface area contributed by atoms with Gasteiger partial charge >= 0.3 is 0 Å². The van der Waals surface area contributed by atoms with Gasteiger partial charge in [-0.3, -0.25) is 4.79 Å². The van der Waals surface area contributed by atoms with Crippen molar-refractivity contribution in [3.63, 3.8) is 0 Å². The number of rotatable bonds is 1. The van der Waals surface area contributed by atoms with Crippen LogP contribution in [0.15, 0.2) is 0 Å². The Morgan fingerprint density at radius 2 is 2.56 bits per heavy atom. The molecule has 0 bridgehead atoms. The number of aliphatic hydroxyl groups is 1. The minimum absolute atomic E-state index is 0.00231. The van der Waals surface area contributed by atoms with E-state index >= 15 is 0 Å². The summed E-state index contributed by atoms with van der Waals surface area (Å²) in [6.45, 7) is 2.12. The maximum Gasteiger partial charge on any atom is 0.148 e. The van der Waals surface area contributed by atoms with Gasteiger partial charge in [0.25, 0.3) is 0 Å². The monoisotopic (exact) mass is 129 g/mol. The van der Waals surface area contributed by atoms with Gasteiger partial charge in [-0.15, -0.1) is 0 Å². The molecule has 2 N–H and O–H groups in total. The summed E-state index contributed by atoms with van der Waals surface area (Å²) in [6, 6.07) is -0.00231. The average Bonchev–Trinajstić information content (AvgIpc) is 2.14. The number of carbonyl (C=O) groups is 1. The molecule has 1 aliphatic heterocycles. The predicted molar refractivity (Wildman–Crippen MR) is 33.1 cm³/mol. The Morgan fingerprint density at radius 1 is 1.89 bits per heavy atom. The number of carbonyl (C=O) groups excluding carboxylic acids is 1. The van der Waals surface area contributed by atoms with Gasteiger partial charge in [0, 0.05) is 12.5 Å². The van der Waals surface area contributed by atoms with E-state index in [1.54, 1.807) is 6.92 Å². The van der Waals surface area contributed by atoms with Crippen molar-refractivity contribution in [2.75, 3.05) is 6.54 Å². The molecular formula is C6H11NO2. The van der Waals surface area contributed by atoms with Gasteiger partial charge in [-0.05, 0) is 6.92 Å². The molecule has 1 fully saturated rings. The molecule has 1 aliphatic rings. The van der Waals surface area contributed by atoms with Gasteiger partial charge in [-0.1, -0.05) is 0 Å². The summed E-state index contributed by atoms with van der Waals surface area (Å²) >= 11 is 0. The van der Waals surface area contributed by atoms with Crippen LogP contribution in [0.3, 0.4) is 0 Å². The van der Waals surface area contributed by atoms with Gasteiger partial charge in [0.1, 0.15) is 5.78 Å². The van der Waals surface area contributed by atoms with E-state index in [9.17, 15) is 4.79 Å². The number of hydrogen-bond acceptors (Lipinski definition) is 3. The predicted octanol–water partition coefficient (Wildman–Crippen LogP) is -0.702. The zero-order chi connectivity index (χ0) is 6.85. The number of aliphatic hydroxyl groups excluding tert-OH is 1. The molecule has 9 heavy (non-hydrogen) atoms. The molecule has 0 saturated carbocycles. The van der Waals surface area contributed by atoms with Gasteiger partial charge in [0.2, 0.25) is 0 Å². The summed E-state index contributed by atoms with van der Waals surface area (Å²) in [5.74, 6) is 0.195. The molecule has 52 valence electrons. The molecule has 0 aliphatic carbocycles. The molecule has 2 atom stereocenters. The normalized spacial score (nSPS) is 30.9. The van der Waals surface area contributed by atoms with Crippen LogP contribution < -0.4 is 5.32 Å². The lowest BCUT2D eigenvalue weighted by molar-refractivity contribution is -0.116. The fraction of sp³-hybridized carbons (Fsp3) is 0.833. The molecule has 2 unspecified atom stereocenters. The average molecular weight is 129 g/mol. The third-order valence-electron chi connectivity index (χ3n) is 1.59. The van der Waals surface area contributed by atoms with Crippen LogP contribution in [0.5, 0.6) is 0 Å². The van der Waals surface area contributed by atoms with Crippen LogP contribution in [0, 0.1) is 0 Å². The lowest BCUT2D eigenvalue weighted by Crippen LogP contribution is -2.32. The fourth-order valence-corrected chi connectivity index (χ4v) is 0.976. The van der Waals surface area contributed by atoms with Crippen LogP contribution in [0.1, 0.15) is 13.3 Å². The number of hydrogen-bond donors (Lipinski definition) is 2. The summed E-state index contributed by atoms with van der Waals surface area (Å²) in [6.07, 6.45) is 0.0777. The first-order valence-corrected chi connectivity index (χ1v) is 3.13. The van der Waals surface area contributed by atoms with E-state index in [4.69, 9.17) is 5.11 Å². The van der Waals surface area contributed by atoms with Crippen molar-refractivity contribution >= 4 is 5.78 Å². The van der Waals surface area contributed by atoms with Crippen LogP contribution in [-0.4, -0.2) is 29.6 Å². The Labute approximate surface area is 54.1 Å². The summed E-state index contributed by atoms with van der Waals surface area (Å²) in [4.78, 5) is 10.6. The Morgan fingerprint density at radius 3 is 2.78 bits per heavy atom. The lowest BCUT2D eigenvalue weighted by Gasteiger charge is -2.10. The van der Waals surface area contributed by atoms with E-state index in [-0.39, 0.29) is 11.8 Å². The summed E-state index contributed by atoms with van der Waals surface area (Å²) < 4.78 is 0. The molecule has 1 heterocycles. The smallest absolute Gasteiger partial charge is 0.148 e. The molecule has 1 saturated heterocycles. The molecule has 0 radical (unpaired) electrons. The molecule has 0 aromatic heterocycles. The van der Waals surface area contributed by atoms with Crippen molar-refractivity contribution in [1.82, 2.24) is 5.32 Å². The second-order valence-electron chi connectivity index (χ2n) is 2.47. The van der Waals surface area contributed by atoms with Crippen LogP contribution in [0.2, 0.25) is 0 Å². The van der Waals surface area contributed by atoms with E-state index in [1.807, 2.05) is 0 Å². The van der Waals surface area contributed by atoms with Gasteiger partial charge in [0.15, 0.2) is 0 Å². The molecule has 1 rings (SSSR count). The topological polar surface area (TPSA) is 49.3 Å². The minimum Gasteiger partial charge on any atom is -0.392 e. The Balaban J connectivity index is 2.39. The second-order valence-corrected chi connectivity index (χ2v) is 2.47. The quantitative estimate of drug-likeness (QED) is 0.492. The third-order valence-corrected chi connectivity index (χ3v) is 1.59. The fourth-order valence-electron chi connectivity index (χ4n) is 0.976. The Hall–Kier alpha value is -0.410. The number of nitrogens with one attached hydrogen (secondary N) is 1. The second kappa shape index (κ2) is 2.45. The number of Topliss-reactive ketones (excluding diaryl/α,β-unsaturated/α-hetero) is 1. The van der Waals surface area contributed by atoms with E-state index in [1.165, 1.54) is 0 Å². The first-order chi connectivity index (χ1) is 4.20. The van der Waals surface area contributed by atoms with Crippen LogP contribution in [0.4, 0.5) is 0 Å². The van der Waals surface area contributed by atoms with Crippen LogP contribution in [-0.2, 0) is 4.79 Å². The molecule has 3 heteroatoms. The Bertz CT molecular complexity index is 122. The van der Waals surface area contributed by atoms with Gasteiger partial charge in [0.05, 0.1) is 12.6 Å². The maximum atomic E-state index is 10.6. The summed E-state index contributed by atoms with van der Waals surface area (Å²) in [7, 11) is 0. The zero-order valence-corrected chi connectivity index (χ0v) is 5.42. The van der Waals surface area contributed by atoms with E-state index < -0.39 is 6.10 Å². The molecule has 3 nitrogen and oxygen atoms in total. The van der Waals surface area contributed by atoms with Crippen molar-refractivity contribution < 1.29 is 9.90 Å². The Kier molecular flexibility index (Phi) is 1.83. The highest BCUT2D eigenvalue weighted by Crippen LogP contribution is 2.04. The van der Waals surface area contributed by atoms with E-state index in [2.05, 4.69) is 5.32 Å². The van der Waals surface area contributed by atoms with Crippen molar-refractivity contribution in [2.45, 2.75) is 25.5 Å². The molecule has 0 aromatic rings. The standard InChI is InChI=1S/C6H11NO2/c1-4(8)6-2-5(9)3-7-6/h4,6-8H,2-3H2,1H3. The number of ketones is 1. The molecule has 0 spiro atoms. The first kappa shape index (κ1) is 6.71. The summed E-state index contributed by atoms with van der Waals surface area (Å²) in [5.41, 5.74) is 0. The third kappa shape index (κ3) is 1.50. The van der Waals surface area contributed by atoms with E-state index in [0.29, 0.717) is 13.0 Å². The van der Waals surface area contributed by atoms with Gasteiger partial charge in [-0.2, -0.15) is 0 Å². The molecule has 0 amide bonds. The first-order valence-electron chi connectivity index (χ1n) is 3.13. The van der Waals surface area contributed by atoms with Crippen molar-refractivity contribution in [2.24, 2.45) is 0 Å². The lowest BCUT2D eigenvalue weighted by atomic mass is 10.1. The van der Waals surface area contributed by atoms with E-state index in [0.717, 1.165) is 0 Å². The van der Waals surface area contributed by atoms with Crippen molar-refractivity contribution in [3.8, 4) is 0 Å². The SMILES string of the molecule is CC(O)C1CC(=O)CN1. The van der Waals surface area contributed by atoms with Crippen molar-refractivity contribution in [3.05, 3.63) is 0 Å². The van der Waals surface area contributed by atoms with Gasteiger partial charge in [-0.25, -0.2) is 0 Å². The highest BCUT2D eigenvalue weighted by atomic mass is 16.3. The highest BCUT2D eigenvalue weighted by Gasteiger charge is 2.24. The van der Waals surface area contributed by atoms with Crippen LogP contribution in [0.25, 0.3) is 0 Å². The maximum absolute atomic E-state index is 10.6.